The van der Waals surface area contributed by atoms with E-state index in [0.29, 0.717) is 5.92 Å². The molecule has 0 spiro atoms. The van der Waals surface area contributed by atoms with E-state index in [4.69, 9.17) is 0 Å². The molecule has 0 heterocycles. The third-order valence-electron chi connectivity index (χ3n) is 3.80. The van der Waals surface area contributed by atoms with Crippen molar-refractivity contribution >= 4 is 18.9 Å². The smallest absolute Gasteiger partial charge is 0.123 e. The van der Waals surface area contributed by atoms with Gasteiger partial charge in [-0.1, -0.05) is 73.1 Å². The van der Waals surface area contributed by atoms with Gasteiger partial charge in [0.15, 0.2) is 0 Å². The van der Waals surface area contributed by atoms with Crippen LogP contribution in [0.2, 0.25) is 0 Å². The Labute approximate surface area is 151 Å². The number of carbonyl (C=O) groups is 3. The minimum Gasteiger partial charge on any atom is -0.303 e. The highest BCUT2D eigenvalue weighted by molar-refractivity contribution is 5.53. The summed E-state index contributed by atoms with van der Waals surface area (Å²) in [6, 6.07) is 0. The first-order chi connectivity index (χ1) is 11.6. The summed E-state index contributed by atoms with van der Waals surface area (Å²) >= 11 is 0. The highest BCUT2D eigenvalue weighted by Crippen LogP contribution is 2.05. The van der Waals surface area contributed by atoms with E-state index in [1.54, 1.807) is 0 Å². The molecule has 2 unspecified atom stereocenters. The Morgan fingerprint density at radius 3 is 1.67 bits per heavy atom. The van der Waals surface area contributed by atoms with Crippen LogP contribution in [0.15, 0.2) is 0 Å². The quantitative estimate of drug-likeness (QED) is 0.297. The number of hydrogen-bond acceptors (Lipinski definition) is 3. The highest BCUT2D eigenvalue weighted by Gasteiger charge is 1.99. The summed E-state index contributed by atoms with van der Waals surface area (Å²) in [7, 11) is 0. The van der Waals surface area contributed by atoms with E-state index >= 15 is 0 Å². The normalized spacial score (nSPS) is 11.9. The fourth-order valence-electron chi connectivity index (χ4n) is 1.99. The maximum Gasteiger partial charge on any atom is 0.123 e. The van der Waals surface area contributed by atoms with Crippen molar-refractivity contribution in [3.8, 4) is 0 Å². The van der Waals surface area contributed by atoms with Crippen LogP contribution < -0.4 is 0 Å². The largest absolute Gasteiger partial charge is 0.303 e. The van der Waals surface area contributed by atoms with E-state index < -0.39 is 0 Å². The molecule has 0 aliphatic carbocycles. The molecule has 0 aromatic carbocycles. The lowest BCUT2D eigenvalue weighted by Gasteiger charge is -2.01. The molecule has 0 saturated heterocycles. The molecule has 0 aliphatic heterocycles. The van der Waals surface area contributed by atoms with Gasteiger partial charge in [0.1, 0.15) is 18.9 Å². The molecule has 0 amide bonds. The van der Waals surface area contributed by atoms with Crippen LogP contribution in [0.1, 0.15) is 105 Å². The van der Waals surface area contributed by atoms with Crippen LogP contribution in [0.4, 0.5) is 0 Å². The van der Waals surface area contributed by atoms with Gasteiger partial charge < -0.3 is 14.4 Å². The zero-order valence-corrected chi connectivity index (χ0v) is 16.9. The van der Waals surface area contributed by atoms with Gasteiger partial charge in [-0.25, -0.2) is 0 Å². The van der Waals surface area contributed by atoms with E-state index in [-0.39, 0.29) is 5.92 Å². The zero-order chi connectivity index (χ0) is 19.1. The molecular formula is C21H42O3. The number of rotatable bonds is 13. The molecule has 0 aliphatic rings. The van der Waals surface area contributed by atoms with Gasteiger partial charge >= 0.3 is 0 Å². The number of unbranched alkanes of at least 4 members (excludes halogenated alkanes) is 5. The molecule has 3 heteroatoms. The SMILES string of the molecule is CCCC(C=O)CC.CCCCC(C)C=O.CCCCCCC=O. The molecule has 0 fully saturated rings. The van der Waals surface area contributed by atoms with Gasteiger partial charge in [-0.2, -0.15) is 0 Å². The minimum absolute atomic E-state index is 0.273. The molecule has 2 atom stereocenters. The molecule has 0 bridgehead atoms. The second kappa shape index (κ2) is 26.9. The van der Waals surface area contributed by atoms with Crippen LogP contribution >= 0.6 is 0 Å². The molecule has 0 aromatic heterocycles. The average molecular weight is 343 g/mol. The second-order valence-corrected chi connectivity index (χ2v) is 6.36. The van der Waals surface area contributed by atoms with E-state index in [9.17, 15) is 14.4 Å². The summed E-state index contributed by atoms with van der Waals surface area (Å²) in [5.74, 6) is 0.593. The molecular weight excluding hydrogens is 300 g/mol. The fourth-order valence-corrected chi connectivity index (χ4v) is 1.99. The van der Waals surface area contributed by atoms with Gasteiger partial charge in [0.25, 0.3) is 0 Å². The zero-order valence-electron chi connectivity index (χ0n) is 16.9. The van der Waals surface area contributed by atoms with Crippen LogP contribution in [0.3, 0.4) is 0 Å². The molecule has 0 N–H and O–H groups in total. The van der Waals surface area contributed by atoms with Crippen LogP contribution in [0.25, 0.3) is 0 Å². The standard InChI is InChI=1S/3C7H14O/c1-3-4-5-7(2)6-8;1-3-5-7(4-2)6-8;1-2-3-4-5-6-7-8/h2*6-7H,3-5H2,1-2H3;7H,2-6H2,1H3. The van der Waals surface area contributed by atoms with Crippen LogP contribution in [0.5, 0.6) is 0 Å². The first-order valence-electron chi connectivity index (χ1n) is 9.91. The van der Waals surface area contributed by atoms with Crippen LogP contribution in [0, 0.1) is 11.8 Å². The Morgan fingerprint density at radius 2 is 1.33 bits per heavy atom. The van der Waals surface area contributed by atoms with Gasteiger partial charge in [-0.3, -0.25) is 0 Å². The first kappa shape index (κ1) is 27.8. The summed E-state index contributed by atoms with van der Waals surface area (Å²) in [5.41, 5.74) is 0. The van der Waals surface area contributed by atoms with Crippen LogP contribution in [-0.2, 0) is 14.4 Å². The number of aldehydes is 3. The first-order valence-corrected chi connectivity index (χ1v) is 9.91. The third-order valence-corrected chi connectivity index (χ3v) is 3.80. The van der Waals surface area contributed by atoms with E-state index in [1.807, 2.05) is 6.92 Å². The minimum atomic E-state index is 0.273. The molecule has 144 valence electrons. The third kappa shape index (κ3) is 29.1. The lowest BCUT2D eigenvalue weighted by Crippen LogP contribution is -1.97. The van der Waals surface area contributed by atoms with Crippen molar-refractivity contribution in [1.29, 1.82) is 0 Å². The molecule has 0 radical (unpaired) electrons. The molecule has 0 rings (SSSR count). The molecule has 3 nitrogen and oxygen atoms in total. The lowest BCUT2D eigenvalue weighted by molar-refractivity contribution is -0.111. The monoisotopic (exact) mass is 342 g/mol. The highest BCUT2D eigenvalue weighted by atomic mass is 16.1. The summed E-state index contributed by atoms with van der Waals surface area (Å²) in [4.78, 5) is 29.9. The van der Waals surface area contributed by atoms with E-state index in [0.717, 1.165) is 57.4 Å². The Kier molecular flexibility index (Phi) is 31.2. The summed E-state index contributed by atoms with van der Waals surface area (Å²) < 4.78 is 0. The molecule has 24 heavy (non-hydrogen) atoms. The number of hydrogen-bond donors (Lipinski definition) is 0. The van der Waals surface area contributed by atoms with Gasteiger partial charge in [-0.15, -0.1) is 0 Å². The Balaban J connectivity index is -0.000000276. The van der Waals surface area contributed by atoms with E-state index in [1.165, 1.54) is 32.1 Å². The predicted molar refractivity (Wildman–Crippen MR) is 104 cm³/mol. The summed E-state index contributed by atoms with van der Waals surface area (Å²) in [6.45, 7) is 10.4. The topological polar surface area (TPSA) is 51.2 Å². The average Bonchev–Trinajstić information content (AvgIpc) is 2.62. The maximum atomic E-state index is 10.1. The van der Waals surface area contributed by atoms with Crippen molar-refractivity contribution in [2.24, 2.45) is 11.8 Å². The van der Waals surface area contributed by atoms with Crippen molar-refractivity contribution in [3.05, 3.63) is 0 Å². The Hall–Kier alpha value is -0.990. The molecule has 0 saturated carbocycles. The molecule has 0 aromatic rings. The Morgan fingerprint density at radius 1 is 0.708 bits per heavy atom. The second-order valence-electron chi connectivity index (χ2n) is 6.36. The van der Waals surface area contributed by atoms with Crippen LogP contribution in [-0.4, -0.2) is 18.9 Å². The predicted octanol–water partition coefficient (Wildman–Crippen LogP) is 6.18. The lowest BCUT2D eigenvalue weighted by atomic mass is 10.0. The Bertz CT molecular complexity index is 251. The van der Waals surface area contributed by atoms with Gasteiger partial charge in [-0.05, 0) is 25.7 Å². The van der Waals surface area contributed by atoms with Gasteiger partial charge in [0, 0.05) is 18.3 Å². The fraction of sp³-hybridized carbons (Fsp3) is 0.857. The summed E-state index contributed by atoms with van der Waals surface area (Å²) in [6.07, 6.45) is 15.3. The van der Waals surface area contributed by atoms with Gasteiger partial charge in [0.2, 0.25) is 0 Å². The van der Waals surface area contributed by atoms with E-state index in [2.05, 4.69) is 27.7 Å². The number of carbonyl (C=O) groups excluding carboxylic acids is 3. The maximum absolute atomic E-state index is 10.1. The van der Waals surface area contributed by atoms with Crippen molar-refractivity contribution in [2.75, 3.05) is 0 Å². The van der Waals surface area contributed by atoms with Crippen molar-refractivity contribution in [2.45, 2.75) is 105 Å². The van der Waals surface area contributed by atoms with Crippen molar-refractivity contribution in [1.82, 2.24) is 0 Å². The summed E-state index contributed by atoms with van der Waals surface area (Å²) in [5, 5.41) is 0. The van der Waals surface area contributed by atoms with Crippen molar-refractivity contribution < 1.29 is 14.4 Å². The van der Waals surface area contributed by atoms with Crippen molar-refractivity contribution in [3.63, 3.8) is 0 Å². The van der Waals surface area contributed by atoms with Gasteiger partial charge in [0.05, 0.1) is 0 Å².